The van der Waals surface area contributed by atoms with Gasteiger partial charge < -0.3 is 26.8 Å². The second-order valence-corrected chi connectivity index (χ2v) is 6.04. The van der Waals surface area contributed by atoms with Crippen molar-refractivity contribution < 1.29 is 14.7 Å². The van der Waals surface area contributed by atoms with Crippen LogP contribution in [-0.4, -0.2) is 42.1 Å². The van der Waals surface area contributed by atoms with Crippen molar-refractivity contribution in [1.29, 1.82) is 5.41 Å². The van der Waals surface area contributed by atoms with Crippen LogP contribution in [0, 0.1) is 5.41 Å². The lowest BCUT2D eigenvalue weighted by atomic mass is 10.1. The molecule has 0 heterocycles. The summed E-state index contributed by atoms with van der Waals surface area (Å²) in [6.45, 7) is 0.631. The number of carbonyl (C=O) groups is 2. The fraction of sp³-hybridized carbons (Fsp3) is 0.400. The van der Waals surface area contributed by atoms with E-state index in [9.17, 15) is 9.59 Å². The quantitative estimate of drug-likeness (QED) is 0.199. The Morgan fingerprint density at radius 2 is 2.04 bits per heavy atom. The number of rotatable bonds is 10. The van der Waals surface area contributed by atoms with Gasteiger partial charge in [-0.1, -0.05) is 35.3 Å². The van der Waals surface area contributed by atoms with Crippen molar-refractivity contribution in [2.24, 2.45) is 5.73 Å². The van der Waals surface area contributed by atoms with Gasteiger partial charge in [0.25, 0.3) is 0 Å². The number of carbonyl (C=O) groups excluding carboxylic acids is 1. The van der Waals surface area contributed by atoms with E-state index in [2.05, 4.69) is 16.0 Å². The minimum atomic E-state index is -1.12. The number of hydrogen-bond acceptors (Lipinski definition) is 4. The molecule has 0 saturated heterocycles. The first-order chi connectivity index (χ1) is 11.8. The molecule has 0 fully saturated rings. The molecule has 1 rings (SSSR count). The van der Waals surface area contributed by atoms with Gasteiger partial charge in [0, 0.05) is 13.1 Å². The van der Waals surface area contributed by atoms with Crippen LogP contribution in [0.3, 0.4) is 0 Å². The Labute approximate surface area is 155 Å². The molecule has 25 heavy (non-hydrogen) atoms. The van der Waals surface area contributed by atoms with E-state index >= 15 is 0 Å². The third-order valence-corrected chi connectivity index (χ3v) is 4.11. The first-order valence-corrected chi connectivity index (χ1v) is 8.30. The first kappa shape index (κ1) is 21.0. The van der Waals surface area contributed by atoms with Gasteiger partial charge in [-0.25, -0.2) is 4.79 Å². The lowest BCUT2D eigenvalue weighted by molar-refractivity contribution is -0.141. The van der Waals surface area contributed by atoms with Crippen LogP contribution >= 0.6 is 23.2 Å². The van der Waals surface area contributed by atoms with Gasteiger partial charge in [0.2, 0.25) is 5.91 Å². The van der Waals surface area contributed by atoms with Crippen LogP contribution in [0.4, 0.5) is 0 Å². The molecule has 0 spiro atoms. The number of carboxylic acid groups (broad SMARTS) is 1. The van der Waals surface area contributed by atoms with Crippen molar-refractivity contribution in [3.05, 3.63) is 33.8 Å². The summed E-state index contributed by atoms with van der Waals surface area (Å²) >= 11 is 12.0. The molecular formula is C15H21Cl2N5O3. The van der Waals surface area contributed by atoms with Crippen LogP contribution in [0.2, 0.25) is 10.0 Å². The van der Waals surface area contributed by atoms with Crippen molar-refractivity contribution in [2.75, 3.05) is 13.1 Å². The highest BCUT2D eigenvalue weighted by atomic mass is 35.5. The topological polar surface area (TPSA) is 140 Å². The van der Waals surface area contributed by atoms with Gasteiger partial charge in [-0.05, 0) is 24.5 Å². The summed E-state index contributed by atoms with van der Waals surface area (Å²) in [5.74, 6) is -1.74. The number of aliphatic carboxylic acids is 1. The molecule has 0 aliphatic carbocycles. The van der Waals surface area contributed by atoms with E-state index in [-0.39, 0.29) is 18.9 Å². The highest BCUT2D eigenvalue weighted by Crippen LogP contribution is 2.25. The summed E-state index contributed by atoms with van der Waals surface area (Å²) in [6, 6.07) is 4.19. The zero-order valence-electron chi connectivity index (χ0n) is 13.4. The first-order valence-electron chi connectivity index (χ1n) is 7.55. The van der Waals surface area contributed by atoms with Crippen molar-refractivity contribution >= 4 is 41.0 Å². The third-order valence-electron chi connectivity index (χ3n) is 3.25. The summed E-state index contributed by atoms with van der Waals surface area (Å²) in [5, 5.41) is 24.9. The number of benzene rings is 1. The fourth-order valence-corrected chi connectivity index (χ4v) is 2.41. The zero-order chi connectivity index (χ0) is 18.8. The Bertz CT molecular complexity index is 627. The summed E-state index contributed by atoms with van der Waals surface area (Å²) in [5.41, 5.74) is 5.88. The predicted molar refractivity (Wildman–Crippen MR) is 96.9 cm³/mol. The van der Waals surface area contributed by atoms with E-state index in [0.29, 0.717) is 29.6 Å². The zero-order valence-corrected chi connectivity index (χ0v) is 15.0. The lowest BCUT2D eigenvalue weighted by Gasteiger charge is -2.15. The Morgan fingerprint density at radius 3 is 2.68 bits per heavy atom. The van der Waals surface area contributed by atoms with Crippen LogP contribution in [-0.2, 0) is 16.1 Å². The Morgan fingerprint density at radius 1 is 1.32 bits per heavy atom. The van der Waals surface area contributed by atoms with E-state index in [4.69, 9.17) is 39.5 Å². The molecule has 0 aromatic heterocycles. The molecule has 1 atom stereocenters. The number of guanidine groups is 1. The van der Waals surface area contributed by atoms with Crippen LogP contribution < -0.4 is 21.7 Å². The standard InChI is InChI=1S/C15H21Cl2N5O3/c16-10-4-1-3-9(13(10)17)7-20-8-12(23)22-11(14(24)25)5-2-6-21-15(18)19/h1,3-4,11,20H,2,5-8H2,(H,22,23)(H,24,25)(H4,18,19,21). The largest absolute Gasteiger partial charge is 0.480 e. The number of nitrogens with two attached hydrogens (primary N) is 1. The predicted octanol–water partition coefficient (Wildman–Crippen LogP) is 0.916. The third kappa shape index (κ3) is 8.06. The van der Waals surface area contributed by atoms with Crippen molar-refractivity contribution in [1.82, 2.24) is 16.0 Å². The van der Waals surface area contributed by atoms with Gasteiger partial charge in [0.15, 0.2) is 5.96 Å². The Kier molecular flexibility index (Phi) is 9.04. The minimum Gasteiger partial charge on any atom is -0.480 e. The van der Waals surface area contributed by atoms with Gasteiger partial charge in [0.1, 0.15) is 6.04 Å². The smallest absolute Gasteiger partial charge is 0.326 e. The molecular weight excluding hydrogens is 369 g/mol. The van der Waals surface area contributed by atoms with Gasteiger partial charge in [-0.15, -0.1) is 0 Å². The maximum Gasteiger partial charge on any atom is 0.326 e. The summed E-state index contributed by atoms with van der Waals surface area (Å²) in [6.07, 6.45) is 0.670. The number of halogens is 2. The fourth-order valence-electron chi connectivity index (χ4n) is 2.03. The van der Waals surface area contributed by atoms with Crippen LogP contribution in [0.5, 0.6) is 0 Å². The van der Waals surface area contributed by atoms with E-state index in [1.807, 2.05) is 0 Å². The normalized spacial score (nSPS) is 11.6. The average Bonchev–Trinajstić information content (AvgIpc) is 2.54. The molecule has 8 nitrogen and oxygen atoms in total. The maximum atomic E-state index is 11.9. The van der Waals surface area contributed by atoms with E-state index in [0.717, 1.165) is 5.56 Å². The SMILES string of the molecule is N=C(N)NCCCC(NC(=O)CNCc1cccc(Cl)c1Cl)C(=O)O. The molecule has 0 saturated carbocycles. The molecule has 10 heteroatoms. The molecule has 1 aromatic carbocycles. The molecule has 0 aliphatic rings. The number of nitrogens with one attached hydrogen (secondary N) is 4. The number of amides is 1. The highest BCUT2D eigenvalue weighted by molar-refractivity contribution is 6.42. The Balaban J connectivity index is 2.38. The summed E-state index contributed by atoms with van der Waals surface area (Å²) in [7, 11) is 0. The van der Waals surface area contributed by atoms with Gasteiger partial charge in [-0.2, -0.15) is 0 Å². The van der Waals surface area contributed by atoms with Crippen LogP contribution in [0.15, 0.2) is 18.2 Å². The van der Waals surface area contributed by atoms with Gasteiger partial charge >= 0.3 is 5.97 Å². The van der Waals surface area contributed by atoms with Gasteiger partial charge in [-0.3, -0.25) is 10.2 Å². The second-order valence-electron chi connectivity index (χ2n) is 5.26. The number of hydrogen-bond donors (Lipinski definition) is 6. The molecule has 1 amide bonds. The highest BCUT2D eigenvalue weighted by Gasteiger charge is 2.19. The van der Waals surface area contributed by atoms with Crippen molar-refractivity contribution in [3.8, 4) is 0 Å². The monoisotopic (exact) mass is 389 g/mol. The molecule has 1 unspecified atom stereocenters. The van der Waals surface area contributed by atoms with Crippen LogP contribution in [0.25, 0.3) is 0 Å². The molecule has 138 valence electrons. The summed E-state index contributed by atoms with van der Waals surface area (Å²) in [4.78, 5) is 23.1. The summed E-state index contributed by atoms with van der Waals surface area (Å²) < 4.78 is 0. The van der Waals surface area contributed by atoms with E-state index in [1.165, 1.54) is 0 Å². The molecule has 0 aliphatic heterocycles. The van der Waals surface area contributed by atoms with E-state index < -0.39 is 17.9 Å². The lowest BCUT2D eigenvalue weighted by Crippen LogP contribution is -2.45. The van der Waals surface area contributed by atoms with Crippen LogP contribution in [0.1, 0.15) is 18.4 Å². The maximum absolute atomic E-state index is 11.9. The van der Waals surface area contributed by atoms with Crippen molar-refractivity contribution in [2.45, 2.75) is 25.4 Å². The van der Waals surface area contributed by atoms with E-state index in [1.54, 1.807) is 18.2 Å². The number of carboxylic acids is 1. The average molecular weight is 390 g/mol. The van der Waals surface area contributed by atoms with Gasteiger partial charge in [0.05, 0.1) is 16.6 Å². The molecule has 1 aromatic rings. The molecule has 0 radical (unpaired) electrons. The second kappa shape index (κ2) is 10.8. The molecule has 0 bridgehead atoms. The van der Waals surface area contributed by atoms with Crippen molar-refractivity contribution in [3.63, 3.8) is 0 Å². The molecule has 7 N–H and O–H groups in total. The minimum absolute atomic E-state index is 0.0572. The Hall–Kier alpha value is -2.03.